The molecule has 1 heterocycles. The van der Waals surface area contributed by atoms with E-state index < -0.39 is 10.8 Å². The first-order chi connectivity index (χ1) is 16.9. The summed E-state index contributed by atoms with van der Waals surface area (Å²) in [6, 6.07) is 7.03. The number of carbonyl (C=O) groups excluding carboxylic acids is 2. The highest BCUT2D eigenvalue weighted by atomic mass is 16.3. The zero-order valence-electron chi connectivity index (χ0n) is 22.4. The van der Waals surface area contributed by atoms with Crippen LogP contribution in [0.2, 0.25) is 0 Å². The van der Waals surface area contributed by atoms with Crippen LogP contribution >= 0.6 is 0 Å². The van der Waals surface area contributed by atoms with Crippen LogP contribution in [0.15, 0.2) is 53.3 Å². The number of fused-ring (bicyclic) bond motifs is 4. The molecule has 3 fully saturated rings. The maximum absolute atomic E-state index is 14.9. The van der Waals surface area contributed by atoms with Gasteiger partial charge in [-0.05, 0) is 79.5 Å². The highest BCUT2D eigenvalue weighted by molar-refractivity contribution is 6.14. The van der Waals surface area contributed by atoms with E-state index in [1.54, 1.807) is 12.1 Å². The van der Waals surface area contributed by atoms with E-state index in [1.165, 1.54) is 11.1 Å². The van der Waals surface area contributed by atoms with E-state index in [0.29, 0.717) is 5.92 Å². The fourth-order valence-electron chi connectivity index (χ4n) is 9.75. The number of benzene rings is 1. The number of aromatic hydroxyl groups is 1. The van der Waals surface area contributed by atoms with Crippen molar-refractivity contribution in [3.8, 4) is 5.75 Å². The average molecular weight is 486 g/mol. The minimum absolute atomic E-state index is 0.0126. The Hall–Kier alpha value is -2.62. The fraction of sp³-hybridized carbons (Fsp3) is 0.562. The highest BCUT2D eigenvalue weighted by Crippen LogP contribution is 2.73. The molecule has 5 aliphatic rings. The van der Waals surface area contributed by atoms with Crippen molar-refractivity contribution in [2.45, 2.75) is 60.8 Å². The lowest BCUT2D eigenvalue weighted by atomic mass is 9.49. The van der Waals surface area contributed by atoms with Crippen molar-refractivity contribution in [2.24, 2.45) is 51.8 Å². The molecule has 1 spiro atoms. The Labute approximate surface area is 214 Å². The molecular weight excluding hydrogens is 446 g/mol. The van der Waals surface area contributed by atoms with Crippen molar-refractivity contribution in [1.82, 2.24) is 5.32 Å². The molecule has 0 aromatic heterocycles. The molecule has 0 unspecified atom stereocenters. The summed E-state index contributed by atoms with van der Waals surface area (Å²) in [7, 11) is 0. The van der Waals surface area contributed by atoms with Crippen molar-refractivity contribution in [3.63, 3.8) is 0 Å². The number of Topliss-reactive ketones (excluding diaryl/α,β-unsaturated/α-hetero) is 1. The molecule has 6 rings (SSSR count). The number of allylic oxidation sites excluding steroid dienone is 5. The first-order valence-electron chi connectivity index (χ1n) is 13.7. The first kappa shape index (κ1) is 23.8. The van der Waals surface area contributed by atoms with Gasteiger partial charge in [0.25, 0.3) is 0 Å². The molecular formula is C32H39NO3. The maximum atomic E-state index is 14.9. The van der Waals surface area contributed by atoms with Crippen LogP contribution in [0.1, 0.15) is 66.4 Å². The molecule has 1 aliphatic heterocycles. The fourth-order valence-corrected chi connectivity index (χ4v) is 9.75. The predicted molar refractivity (Wildman–Crippen MR) is 142 cm³/mol. The van der Waals surface area contributed by atoms with Crippen LogP contribution in [0.3, 0.4) is 0 Å². The molecule has 2 N–H and O–H groups in total. The monoisotopic (exact) mass is 485 g/mol. The van der Waals surface area contributed by atoms with Gasteiger partial charge in [-0.3, -0.25) is 9.59 Å². The lowest BCUT2D eigenvalue weighted by molar-refractivity contribution is -0.147. The second kappa shape index (κ2) is 7.46. The molecule has 4 heteroatoms. The van der Waals surface area contributed by atoms with Gasteiger partial charge in [-0.25, -0.2) is 0 Å². The van der Waals surface area contributed by atoms with Crippen LogP contribution in [0, 0.1) is 51.8 Å². The minimum atomic E-state index is -1.09. The van der Waals surface area contributed by atoms with Gasteiger partial charge >= 0.3 is 0 Å². The van der Waals surface area contributed by atoms with E-state index in [4.69, 9.17) is 0 Å². The lowest BCUT2D eigenvalue weighted by Gasteiger charge is -2.52. The zero-order valence-corrected chi connectivity index (χ0v) is 22.4. The summed E-state index contributed by atoms with van der Waals surface area (Å²) in [5.74, 6) is 1.02. The summed E-state index contributed by atoms with van der Waals surface area (Å²) in [4.78, 5) is 29.1. The van der Waals surface area contributed by atoms with Gasteiger partial charge in [0.2, 0.25) is 5.91 Å². The van der Waals surface area contributed by atoms with E-state index in [-0.39, 0.29) is 52.4 Å². The lowest BCUT2D eigenvalue weighted by Crippen LogP contribution is -2.54. The molecule has 1 amide bonds. The van der Waals surface area contributed by atoms with Crippen LogP contribution in [0.4, 0.5) is 0 Å². The molecule has 9 atom stereocenters. The van der Waals surface area contributed by atoms with Gasteiger partial charge in [-0.15, -0.1) is 0 Å². The molecule has 1 saturated heterocycles. The molecule has 2 saturated carbocycles. The normalized spacial score (nSPS) is 46.3. The average Bonchev–Trinajstić information content (AvgIpc) is 3.20. The Kier molecular flexibility index (Phi) is 4.92. The highest BCUT2D eigenvalue weighted by Gasteiger charge is 2.79. The number of rotatable bonds is 1. The van der Waals surface area contributed by atoms with E-state index in [2.05, 4.69) is 59.0 Å². The number of hydrogen-bond donors (Lipinski definition) is 2. The summed E-state index contributed by atoms with van der Waals surface area (Å²) in [5.41, 5.74) is 2.67. The third kappa shape index (κ3) is 2.76. The first-order valence-corrected chi connectivity index (χ1v) is 13.7. The summed E-state index contributed by atoms with van der Waals surface area (Å²) in [5, 5.41) is 13.0. The number of phenolic OH excluding ortho intramolecular Hbond substituents is 1. The van der Waals surface area contributed by atoms with Gasteiger partial charge in [0.15, 0.2) is 5.78 Å². The quantitative estimate of drug-likeness (QED) is 0.363. The third-order valence-corrected chi connectivity index (χ3v) is 11.0. The van der Waals surface area contributed by atoms with Gasteiger partial charge in [0.1, 0.15) is 11.2 Å². The second-order valence-electron chi connectivity index (χ2n) is 13.1. The number of ketones is 1. The summed E-state index contributed by atoms with van der Waals surface area (Å²) in [6.45, 7) is 13.5. The van der Waals surface area contributed by atoms with Gasteiger partial charge in [0.05, 0.1) is 0 Å². The van der Waals surface area contributed by atoms with Gasteiger partial charge < -0.3 is 10.4 Å². The van der Waals surface area contributed by atoms with E-state index >= 15 is 0 Å². The Morgan fingerprint density at radius 3 is 2.36 bits per heavy atom. The summed E-state index contributed by atoms with van der Waals surface area (Å²) in [6.07, 6.45) is 10.1. The van der Waals surface area contributed by atoms with E-state index in [0.717, 1.165) is 30.5 Å². The number of phenols is 1. The topological polar surface area (TPSA) is 66.4 Å². The molecule has 190 valence electrons. The smallest absolute Gasteiger partial charge is 0.239 e. The maximum Gasteiger partial charge on any atom is 0.239 e. The predicted octanol–water partition coefficient (Wildman–Crippen LogP) is 6.29. The van der Waals surface area contributed by atoms with Crippen LogP contribution in [-0.4, -0.2) is 16.8 Å². The van der Waals surface area contributed by atoms with E-state index in [9.17, 15) is 14.7 Å². The van der Waals surface area contributed by atoms with Crippen LogP contribution in [0.5, 0.6) is 5.75 Å². The molecule has 1 aromatic rings. The van der Waals surface area contributed by atoms with Crippen LogP contribution < -0.4 is 5.32 Å². The number of amides is 1. The molecule has 4 nitrogen and oxygen atoms in total. The molecule has 0 bridgehead atoms. The van der Waals surface area contributed by atoms with Gasteiger partial charge in [0, 0.05) is 22.9 Å². The zero-order chi connectivity index (χ0) is 25.8. The Bertz CT molecular complexity index is 1250. The van der Waals surface area contributed by atoms with Crippen molar-refractivity contribution >= 4 is 17.8 Å². The van der Waals surface area contributed by atoms with E-state index in [1.807, 2.05) is 18.2 Å². The summed E-state index contributed by atoms with van der Waals surface area (Å²) < 4.78 is 0. The van der Waals surface area contributed by atoms with Crippen molar-refractivity contribution in [2.75, 3.05) is 0 Å². The van der Waals surface area contributed by atoms with Crippen molar-refractivity contribution < 1.29 is 14.7 Å². The molecule has 36 heavy (non-hydrogen) atoms. The Morgan fingerprint density at radius 2 is 1.67 bits per heavy atom. The molecule has 4 aliphatic carbocycles. The van der Waals surface area contributed by atoms with Crippen molar-refractivity contribution in [1.29, 1.82) is 0 Å². The van der Waals surface area contributed by atoms with Crippen LogP contribution in [0.25, 0.3) is 6.08 Å². The largest absolute Gasteiger partial charge is 0.508 e. The minimum Gasteiger partial charge on any atom is -0.508 e. The van der Waals surface area contributed by atoms with Crippen LogP contribution in [-0.2, 0) is 9.59 Å². The van der Waals surface area contributed by atoms with Gasteiger partial charge in [-0.1, -0.05) is 69.5 Å². The Morgan fingerprint density at radius 1 is 0.972 bits per heavy atom. The second-order valence-corrected chi connectivity index (χ2v) is 13.1. The molecule has 1 aromatic carbocycles. The SMILES string of the molecule is CC1=C[C@]2(C)[C@@H]3C(C)=C[C@]4(C)C[C@H](C)CC[C@H]4[C@@H]3C(=O)[C@@]23C(=O)N/C(=C\c2ccc(O)cc2)[C@H]3[C@@H]1C. The summed E-state index contributed by atoms with van der Waals surface area (Å²) >= 11 is 0. The Balaban J connectivity index is 1.56. The number of hydrogen-bond acceptors (Lipinski definition) is 3. The standard InChI is InChI=1S/C32H39NO3/c1-17-7-12-23-25-26(19(3)15-30(23,5)14-17)31(6)16-18(2)20(4)27-24(13-21-8-10-22(34)11-9-21)33-29(36)32(27,31)28(25)35/h8-11,13,15-17,20,23,25-27,34H,7,12,14H2,1-6H3,(H,33,36)/b24-13-/t17-,20-,23+,25+,26-,27-,30+,31-,32+/m1/s1. The van der Waals surface area contributed by atoms with Gasteiger partial charge in [-0.2, -0.15) is 0 Å². The number of carbonyl (C=O) groups is 2. The molecule has 0 radical (unpaired) electrons. The van der Waals surface area contributed by atoms with Crippen molar-refractivity contribution in [3.05, 3.63) is 58.8 Å². The number of nitrogens with one attached hydrogen (secondary N) is 1. The third-order valence-electron chi connectivity index (χ3n) is 11.0.